The third-order valence-electron chi connectivity index (χ3n) is 4.41. The molecule has 3 rings (SSSR count). The minimum atomic E-state index is -3.76. The summed E-state index contributed by atoms with van der Waals surface area (Å²) >= 11 is 12.0. The summed E-state index contributed by atoms with van der Waals surface area (Å²) in [5, 5.41) is 0.439. The molecule has 138 valence electrons. The van der Waals surface area contributed by atoms with Crippen LogP contribution in [0.5, 0.6) is 0 Å². The number of benzene rings is 2. The average Bonchev–Trinajstić information content (AvgIpc) is 2.63. The van der Waals surface area contributed by atoms with Crippen molar-refractivity contribution in [2.24, 2.45) is 0 Å². The fourth-order valence-electron chi connectivity index (χ4n) is 2.93. The highest BCUT2D eigenvalue weighted by Crippen LogP contribution is 2.28. The van der Waals surface area contributed by atoms with Gasteiger partial charge in [0.15, 0.2) is 0 Å². The number of aryl methyl sites for hydroxylation is 1. The van der Waals surface area contributed by atoms with Crippen LogP contribution >= 0.6 is 23.2 Å². The summed E-state index contributed by atoms with van der Waals surface area (Å²) in [5.41, 5.74) is 1.54. The summed E-state index contributed by atoms with van der Waals surface area (Å²) < 4.78 is 27.0. The Bertz CT molecular complexity index is 939. The van der Waals surface area contributed by atoms with Crippen LogP contribution in [0, 0.1) is 6.92 Å². The van der Waals surface area contributed by atoms with Gasteiger partial charge >= 0.3 is 0 Å². The van der Waals surface area contributed by atoms with Crippen molar-refractivity contribution in [1.82, 2.24) is 9.21 Å². The first-order valence-electron chi connectivity index (χ1n) is 8.11. The SMILES string of the molecule is Cc1ccccc1C(=O)N1CCN(S(=O)(=O)c2cc(Cl)ccc2Cl)CC1. The standard InChI is InChI=1S/C18H18Cl2N2O3S/c1-13-4-2-3-5-15(13)18(23)21-8-10-22(11-9-21)26(24,25)17-12-14(19)6-7-16(17)20/h2-7,12H,8-11H2,1H3. The van der Waals surface area contributed by atoms with E-state index in [1.54, 1.807) is 17.0 Å². The van der Waals surface area contributed by atoms with Crippen LogP contribution in [0.25, 0.3) is 0 Å². The number of carbonyl (C=O) groups excluding carboxylic acids is 1. The molecular weight excluding hydrogens is 395 g/mol. The van der Waals surface area contributed by atoms with E-state index < -0.39 is 10.0 Å². The molecule has 1 amide bonds. The lowest BCUT2D eigenvalue weighted by Crippen LogP contribution is -2.50. The molecule has 0 spiro atoms. The molecule has 1 saturated heterocycles. The monoisotopic (exact) mass is 412 g/mol. The second-order valence-electron chi connectivity index (χ2n) is 6.09. The molecule has 0 saturated carbocycles. The summed E-state index contributed by atoms with van der Waals surface area (Å²) in [7, 11) is -3.76. The Morgan fingerprint density at radius 3 is 2.31 bits per heavy atom. The summed E-state index contributed by atoms with van der Waals surface area (Å²) in [6, 6.07) is 11.7. The van der Waals surface area contributed by atoms with Crippen LogP contribution < -0.4 is 0 Å². The van der Waals surface area contributed by atoms with Gasteiger partial charge in [0.05, 0.1) is 5.02 Å². The van der Waals surface area contributed by atoms with Gasteiger partial charge in [0, 0.05) is 36.8 Å². The molecule has 1 heterocycles. The predicted molar refractivity (Wildman–Crippen MR) is 102 cm³/mol. The van der Waals surface area contributed by atoms with Gasteiger partial charge in [0.1, 0.15) is 4.90 Å². The van der Waals surface area contributed by atoms with Crippen molar-refractivity contribution in [3.63, 3.8) is 0 Å². The Balaban J connectivity index is 1.75. The number of rotatable bonds is 3. The van der Waals surface area contributed by atoms with Gasteiger partial charge in [-0.25, -0.2) is 8.42 Å². The first-order chi connectivity index (χ1) is 12.3. The fourth-order valence-corrected chi connectivity index (χ4v) is 5.09. The number of piperazine rings is 1. The Morgan fingerprint density at radius 2 is 1.65 bits per heavy atom. The highest BCUT2D eigenvalue weighted by atomic mass is 35.5. The van der Waals surface area contributed by atoms with Crippen LogP contribution in [0.3, 0.4) is 0 Å². The smallest absolute Gasteiger partial charge is 0.254 e. The number of halogens is 2. The number of hydrogen-bond donors (Lipinski definition) is 0. The van der Waals surface area contributed by atoms with Gasteiger partial charge in [0.25, 0.3) is 5.91 Å². The van der Waals surface area contributed by atoms with Crippen LogP contribution in [0.1, 0.15) is 15.9 Å². The molecule has 26 heavy (non-hydrogen) atoms. The van der Waals surface area contributed by atoms with Crippen LogP contribution in [-0.4, -0.2) is 49.7 Å². The van der Waals surface area contributed by atoms with Crippen molar-refractivity contribution in [2.45, 2.75) is 11.8 Å². The van der Waals surface area contributed by atoms with Gasteiger partial charge in [-0.15, -0.1) is 0 Å². The summed E-state index contributed by atoms with van der Waals surface area (Å²) in [6.45, 7) is 2.95. The zero-order valence-electron chi connectivity index (χ0n) is 14.2. The Kier molecular flexibility index (Phi) is 5.58. The number of sulfonamides is 1. The topological polar surface area (TPSA) is 57.7 Å². The third kappa shape index (κ3) is 3.74. The summed E-state index contributed by atoms with van der Waals surface area (Å²) in [5.74, 6) is -0.0825. The average molecular weight is 413 g/mol. The van der Waals surface area contributed by atoms with Crippen LogP contribution in [0.15, 0.2) is 47.4 Å². The molecule has 0 aliphatic carbocycles. The van der Waals surface area contributed by atoms with E-state index in [9.17, 15) is 13.2 Å². The van der Waals surface area contributed by atoms with Crippen LogP contribution in [0.2, 0.25) is 10.0 Å². The van der Waals surface area contributed by atoms with E-state index in [-0.39, 0.29) is 28.9 Å². The second kappa shape index (κ2) is 7.56. The molecule has 0 bridgehead atoms. The lowest BCUT2D eigenvalue weighted by molar-refractivity contribution is 0.0697. The second-order valence-corrected chi connectivity index (χ2v) is 8.84. The van der Waals surface area contributed by atoms with E-state index in [4.69, 9.17) is 23.2 Å². The van der Waals surface area contributed by atoms with Crippen LogP contribution in [0.4, 0.5) is 0 Å². The zero-order chi connectivity index (χ0) is 18.9. The minimum Gasteiger partial charge on any atom is -0.336 e. The van der Waals surface area contributed by atoms with E-state index in [1.165, 1.54) is 16.4 Å². The summed E-state index contributed by atoms with van der Waals surface area (Å²) in [6.07, 6.45) is 0. The van der Waals surface area contributed by atoms with Crippen LogP contribution in [-0.2, 0) is 10.0 Å². The zero-order valence-corrected chi connectivity index (χ0v) is 16.5. The Hall–Kier alpha value is -1.60. The van der Waals surface area contributed by atoms with E-state index in [1.807, 2.05) is 25.1 Å². The van der Waals surface area contributed by atoms with Gasteiger partial charge < -0.3 is 4.90 Å². The quantitative estimate of drug-likeness (QED) is 0.775. The number of carbonyl (C=O) groups is 1. The minimum absolute atomic E-state index is 0.00894. The van der Waals surface area contributed by atoms with E-state index in [2.05, 4.69) is 0 Å². The molecule has 2 aromatic carbocycles. The maximum Gasteiger partial charge on any atom is 0.254 e. The van der Waals surface area contributed by atoms with E-state index in [0.717, 1.165) is 5.56 Å². The van der Waals surface area contributed by atoms with Crippen molar-refractivity contribution in [3.8, 4) is 0 Å². The van der Waals surface area contributed by atoms with Gasteiger partial charge in [-0.2, -0.15) is 4.31 Å². The Morgan fingerprint density at radius 1 is 1.00 bits per heavy atom. The van der Waals surface area contributed by atoms with E-state index in [0.29, 0.717) is 23.7 Å². The molecule has 0 atom stereocenters. The van der Waals surface area contributed by atoms with Crippen molar-refractivity contribution < 1.29 is 13.2 Å². The first kappa shape index (κ1) is 19.2. The number of nitrogens with zero attached hydrogens (tertiary/aromatic N) is 2. The molecule has 0 radical (unpaired) electrons. The molecular formula is C18H18Cl2N2O3S. The first-order valence-corrected chi connectivity index (χ1v) is 10.3. The van der Waals surface area contributed by atoms with Crippen molar-refractivity contribution in [1.29, 1.82) is 0 Å². The van der Waals surface area contributed by atoms with Gasteiger partial charge in [0.2, 0.25) is 10.0 Å². The normalized spacial score (nSPS) is 15.9. The lowest BCUT2D eigenvalue weighted by atomic mass is 10.1. The lowest BCUT2D eigenvalue weighted by Gasteiger charge is -2.34. The molecule has 5 nitrogen and oxygen atoms in total. The maximum absolute atomic E-state index is 12.8. The Labute approximate surface area is 163 Å². The molecule has 1 fully saturated rings. The van der Waals surface area contributed by atoms with Gasteiger partial charge in [-0.1, -0.05) is 41.4 Å². The molecule has 0 aromatic heterocycles. The van der Waals surface area contributed by atoms with Gasteiger partial charge in [-0.3, -0.25) is 4.79 Å². The van der Waals surface area contributed by atoms with Crippen molar-refractivity contribution in [2.75, 3.05) is 26.2 Å². The van der Waals surface area contributed by atoms with Crippen molar-refractivity contribution >= 4 is 39.1 Å². The number of amides is 1. The highest BCUT2D eigenvalue weighted by molar-refractivity contribution is 7.89. The molecule has 1 aliphatic heterocycles. The van der Waals surface area contributed by atoms with E-state index >= 15 is 0 Å². The number of hydrogen-bond acceptors (Lipinski definition) is 3. The maximum atomic E-state index is 12.8. The molecule has 8 heteroatoms. The van der Waals surface area contributed by atoms with Gasteiger partial charge in [-0.05, 0) is 36.8 Å². The summed E-state index contributed by atoms with van der Waals surface area (Å²) in [4.78, 5) is 14.3. The highest BCUT2D eigenvalue weighted by Gasteiger charge is 2.32. The largest absolute Gasteiger partial charge is 0.336 e. The molecule has 2 aromatic rings. The molecule has 0 N–H and O–H groups in total. The third-order valence-corrected chi connectivity index (χ3v) is 7.03. The van der Waals surface area contributed by atoms with Crippen molar-refractivity contribution in [3.05, 3.63) is 63.6 Å². The molecule has 1 aliphatic rings. The fraction of sp³-hybridized carbons (Fsp3) is 0.278. The molecule has 0 unspecified atom stereocenters. The predicted octanol–water partition coefficient (Wildman–Crippen LogP) is 3.45.